The number of hydrogen-bond acceptors (Lipinski definition) is 3. The number of fused-ring (bicyclic) bond motifs is 1. The van der Waals surface area contributed by atoms with E-state index in [4.69, 9.17) is 16.3 Å². The predicted octanol–water partition coefficient (Wildman–Crippen LogP) is 3.46. The first kappa shape index (κ1) is 17.0. The summed E-state index contributed by atoms with van der Waals surface area (Å²) in [6, 6.07) is 8.35. The number of nitrogens with one attached hydrogen (secondary N) is 3. The Balaban J connectivity index is 1.95. The molecule has 0 spiro atoms. The van der Waals surface area contributed by atoms with Crippen molar-refractivity contribution in [2.45, 2.75) is 6.54 Å². The number of ether oxygens (including phenoxy) is 1. The number of halogens is 2. The number of nitrogens with zero attached hydrogens (tertiary/aromatic N) is 1. The molecule has 8 heteroatoms. The van der Waals surface area contributed by atoms with Crippen molar-refractivity contribution >= 4 is 28.5 Å². The number of rotatable bonds is 4. The third-order valence-corrected chi connectivity index (χ3v) is 4.05. The molecule has 2 heterocycles. The van der Waals surface area contributed by atoms with Crippen molar-refractivity contribution in [3.63, 3.8) is 0 Å². The molecular formula is C17H16ClFN4O2. The van der Waals surface area contributed by atoms with Gasteiger partial charge in [-0.2, -0.15) is 4.39 Å². The van der Waals surface area contributed by atoms with Gasteiger partial charge in [0.05, 0.1) is 24.4 Å². The van der Waals surface area contributed by atoms with Gasteiger partial charge >= 0.3 is 6.03 Å². The fourth-order valence-corrected chi connectivity index (χ4v) is 2.76. The summed E-state index contributed by atoms with van der Waals surface area (Å²) < 4.78 is 18.7. The number of H-pyrrole nitrogens is 1. The Labute approximate surface area is 148 Å². The maximum atomic E-state index is 13.9. The SMILES string of the molecule is CNC(=O)NCc1cc2cc(Cl)c(-c3ccc(OC)c(F)n3)cc2[nH]1. The molecule has 25 heavy (non-hydrogen) atoms. The van der Waals surface area contributed by atoms with Gasteiger partial charge in [0, 0.05) is 29.2 Å². The highest BCUT2D eigenvalue weighted by molar-refractivity contribution is 6.34. The van der Waals surface area contributed by atoms with Crippen LogP contribution in [0.3, 0.4) is 0 Å². The van der Waals surface area contributed by atoms with E-state index in [0.717, 1.165) is 16.6 Å². The van der Waals surface area contributed by atoms with Crippen LogP contribution in [0.15, 0.2) is 30.3 Å². The predicted molar refractivity (Wildman–Crippen MR) is 94.3 cm³/mol. The normalized spacial score (nSPS) is 10.7. The molecule has 0 radical (unpaired) electrons. The van der Waals surface area contributed by atoms with Gasteiger partial charge in [0.1, 0.15) is 0 Å². The number of methoxy groups -OCH3 is 1. The number of carbonyl (C=O) groups excluding carboxylic acids is 1. The fraction of sp³-hybridized carbons (Fsp3) is 0.176. The van der Waals surface area contributed by atoms with Gasteiger partial charge in [-0.15, -0.1) is 0 Å². The van der Waals surface area contributed by atoms with E-state index in [2.05, 4.69) is 20.6 Å². The zero-order valence-corrected chi connectivity index (χ0v) is 14.4. The highest BCUT2D eigenvalue weighted by Crippen LogP contribution is 2.32. The van der Waals surface area contributed by atoms with Crippen LogP contribution in [-0.2, 0) is 6.54 Å². The average Bonchev–Trinajstić information content (AvgIpc) is 3.00. The monoisotopic (exact) mass is 362 g/mol. The van der Waals surface area contributed by atoms with Gasteiger partial charge in [-0.25, -0.2) is 9.78 Å². The second kappa shape index (κ2) is 6.98. The fourth-order valence-electron chi connectivity index (χ4n) is 2.49. The van der Waals surface area contributed by atoms with Gasteiger partial charge in [0.25, 0.3) is 5.95 Å². The van der Waals surface area contributed by atoms with Crippen LogP contribution >= 0.6 is 11.6 Å². The number of hydrogen-bond donors (Lipinski definition) is 3. The van der Waals surface area contributed by atoms with Crippen LogP contribution in [0.5, 0.6) is 5.75 Å². The quantitative estimate of drug-likeness (QED) is 0.622. The Morgan fingerprint density at radius 2 is 2.16 bits per heavy atom. The van der Waals surface area contributed by atoms with Gasteiger partial charge in [-0.3, -0.25) is 0 Å². The van der Waals surface area contributed by atoms with Crippen molar-refractivity contribution in [1.82, 2.24) is 20.6 Å². The smallest absolute Gasteiger partial charge is 0.314 e. The van der Waals surface area contributed by atoms with E-state index in [9.17, 15) is 9.18 Å². The number of aromatic amines is 1. The van der Waals surface area contributed by atoms with Crippen LogP contribution in [0.4, 0.5) is 9.18 Å². The maximum absolute atomic E-state index is 13.9. The van der Waals surface area contributed by atoms with Gasteiger partial charge in [-0.1, -0.05) is 11.6 Å². The molecule has 2 aromatic heterocycles. The molecule has 0 atom stereocenters. The molecule has 0 fully saturated rings. The van der Waals surface area contributed by atoms with Crippen LogP contribution in [-0.4, -0.2) is 30.2 Å². The maximum Gasteiger partial charge on any atom is 0.314 e. The summed E-state index contributed by atoms with van der Waals surface area (Å²) in [5.74, 6) is -0.624. The Hall–Kier alpha value is -2.80. The average molecular weight is 363 g/mol. The number of aromatic nitrogens is 2. The molecule has 0 aliphatic rings. The first-order valence-corrected chi connectivity index (χ1v) is 7.87. The van der Waals surface area contributed by atoms with Crippen LogP contribution in [0.1, 0.15) is 5.69 Å². The van der Waals surface area contributed by atoms with E-state index in [1.54, 1.807) is 25.2 Å². The minimum absolute atomic E-state index is 0.0726. The molecule has 0 aliphatic carbocycles. The Morgan fingerprint density at radius 3 is 2.84 bits per heavy atom. The summed E-state index contributed by atoms with van der Waals surface area (Å²) >= 11 is 6.34. The highest BCUT2D eigenvalue weighted by Gasteiger charge is 2.12. The van der Waals surface area contributed by atoms with Crippen LogP contribution in [0, 0.1) is 5.95 Å². The van der Waals surface area contributed by atoms with Crippen LogP contribution in [0.2, 0.25) is 5.02 Å². The molecular weight excluding hydrogens is 347 g/mol. The number of urea groups is 1. The van der Waals surface area contributed by atoms with Crippen molar-refractivity contribution < 1.29 is 13.9 Å². The summed E-state index contributed by atoms with van der Waals surface area (Å²) in [4.78, 5) is 18.4. The van der Waals surface area contributed by atoms with E-state index in [-0.39, 0.29) is 11.8 Å². The van der Waals surface area contributed by atoms with Crippen LogP contribution < -0.4 is 15.4 Å². The first-order chi connectivity index (χ1) is 12.0. The first-order valence-electron chi connectivity index (χ1n) is 7.49. The summed E-state index contributed by atoms with van der Waals surface area (Å²) in [6.07, 6.45) is 0. The Bertz CT molecular complexity index is 942. The largest absolute Gasteiger partial charge is 0.492 e. The molecule has 6 nitrogen and oxygen atoms in total. The molecule has 0 aliphatic heterocycles. The third-order valence-electron chi connectivity index (χ3n) is 3.74. The number of benzene rings is 1. The lowest BCUT2D eigenvalue weighted by Crippen LogP contribution is -2.32. The van der Waals surface area contributed by atoms with Crippen molar-refractivity contribution in [3.05, 3.63) is 47.0 Å². The van der Waals surface area contributed by atoms with Gasteiger partial charge < -0.3 is 20.4 Å². The number of pyridine rings is 1. The molecule has 0 saturated heterocycles. The van der Waals surface area contributed by atoms with Crippen LogP contribution in [0.25, 0.3) is 22.2 Å². The Kier molecular flexibility index (Phi) is 4.76. The van der Waals surface area contributed by atoms with Gasteiger partial charge in [-0.05, 0) is 30.3 Å². The minimum Gasteiger partial charge on any atom is -0.492 e. The molecule has 130 valence electrons. The van der Waals surface area contributed by atoms with Crippen molar-refractivity contribution in [2.24, 2.45) is 0 Å². The highest BCUT2D eigenvalue weighted by atomic mass is 35.5. The van der Waals surface area contributed by atoms with E-state index in [1.807, 2.05) is 6.07 Å². The summed E-state index contributed by atoms with van der Waals surface area (Å²) in [5, 5.41) is 6.52. The zero-order chi connectivity index (χ0) is 18.0. The molecule has 2 amide bonds. The van der Waals surface area contributed by atoms with E-state index >= 15 is 0 Å². The van der Waals surface area contributed by atoms with Gasteiger partial charge in [0.2, 0.25) is 0 Å². The minimum atomic E-state index is -0.696. The second-order valence-corrected chi connectivity index (χ2v) is 5.74. The molecule has 1 aromatic carbocycles. The molecule has 0 bridgehead atoms. The summed E-state index contributed by atoms with van der Waals surface area (Å²) in [6.45, 7) is 0.344. The lowest BCUT2D eigenvalue weighted by Gasteiger charge is -2.06. The zero-order valence-electron chi connectivity index (χ0n) is 13.6. The molecule has 3 aromatic rings. The lowest BCUT2D eigenvalue weighted by atomic mass is 10.1. The third kappa shape index (κ3) is 3.51. The number of amides is 2. The lowest BCUT2D eigenvalue weighted by molar-refractivity contribution is 0.242. The van der Waals surface area contributed by atoms with E-state index in [0.29, 0.717) is 22.8 Å². The second-order valence-electron chi connectivity index (χ2n) is 5.34. The molecule has 3 N–H and O–H groups in total. The number of carbonyl (C=O) groups is 1. The van der Waals surface area contributed by atoms with E-state index in [1.165, 1.54) is 13.2 Å². The molecule has 0 unspecified atom stereocenters. The van der Waals surface area contributed by atoms with E-state index < -0.39 is 5.95 Å². The summed E-state index contributed by atoms with van der Waals surface area (Å²) in [5.41, 5.74) is 2.64. The van der Waals surface area contributed by atoms with Crippen molar-refractivity contribution in [3.8, 4) is 17.0 Å². The Morgan fingerprint density at radius 1 is 1.36 bits per heavy atom. The van der Waals surface area contributed by atoms with Gasteiger partial charge in [0.15, 0.2) is 5.75 Å². The standard InChI is InChI=1S/C17H16ClFN4O2/c1-20-17(24)21-8-10-5-9-6-12(18)11(7-14(9)22-10)13-3-4-15(25-2)16(19)23-13/h3-7,22H,8H2,1-2H3,(H2,20,21,24). The summed E-state index contributed by atoms with van der Waals surface area (Å²) in [7, 11) is 2.93. The molecule has 0 saturated carbocycles. The molecule has 3 rings (SSSR count). The van der Waals surface area contributed by atoms with Crippen molar-refractivity contribution in [2.75, 3.05) is 14.2 Å². The van der Waals surface area contributed by atoms with Crippen molar-refractivity contribution in [1.29, 1.82) is 0 Å². The topological polar surface area (TPSA) is 79.0 Å².